The highest BCUT2D eigenvalue weighted by Gasteiger charge is 2.21. The van der Waals surface area contributed by atoms with E-state index in [0.717, 1.165) is 67.2 Å². The van der Waals surface area contributed by atoms with Crippen molar-refractivity contribution in [3.8, 4) is 16.9 Å². The monoisotopic (exact) mass is 551 g/mol. The molecule has 4 rings (SSSR count). The Morgan fingerprint density at radius 3 is 2.33 bits per heavy atom. The molecule has 0 spiro atoms. The Kier molecular flexibility index (Phi) is 9.61. The lowest BCUT2D eigenvalue weighted by Gasteiger charge is -2.24. The van der Waals surface area contributed by atoms with E-state index in [2.05, 4.69) is 17.4 Å². The number of benzene rings is 3. The zero-order chi connectivity index (χ0) is 27.8. The number of amides is 1. The van der Waals surface area contributed by atoms with E-state index in [0.29, 0.717) is 18.0 Å². The maximum atomic E-state index is 12.7. The van der Waals surface area contributed by atoms with Crippen LogP contribution in [0.1, 0.15) is 59.7 Å². The summed E-state index contributed by atoms with van der Waals surface area (Å²) in [6, 6.07) is 20.6. The van der Waals surface area contributed by atoms with E-state index in [1.807, 2.05) is 35.1 Å². The molecule has 1 atom stereocenters. The van der Waals surface area contributed by atoms with Crippen LogP contribution in [0.25, 0.3) is 11.1 Å². The second-order valence-corrected chi connectivity index (χ2v) is 11.9. The van der Waals surface area contributed by atoms with Crippen molar-refractivity contribution in [2.24, 2.45) is 0 Å². The number of anilines is 1. The first kappa shape index (κ1) is 28.6. The Morgan fingerprint density at radius 2 is 1.67 bits per heavy atom. The average Bonchev–Trinajstić information content (AvgIpc) is 2.91. The van der Waals surface area contributed by atoms with Gasteiger partial charge in [0.2, 0.25) is 10.0 Å². The largest absolute Gasteiger partial charge is 0.490 e. The number of carbonyl (C=O) groups is 1. The molecule has 39 heavy (non-hydrogen) atoms. The Balaban J connectivity index is 1.40. The first-order valence-electron chi connectivity index (χ1n) is 13.3. The minimum absolute atomic E-state index is 0.00667. The highest BCUT2D eigenvalue weighted by molar-refractivity contribution is 7.89. The molecule has 5 N–H and O–H groups in total. The molecule has 3 aromatic carbocycles. The number of carbonyl (C=O) groups excluding carboxylic acids is 1. The van der Waals surface area contributed by atoms with Gasteiger partial charge in [-0.15, -0.1) is 0 Å². The smallest absolute Gasteiger partial charge is 0.268 e. The summed E-state index contributed by atoms with van der Waals surface area (Å²) >= 11 is 0. The molecule has 1 saturated carbocycles. The van der Waals surface area contributed by atoms with Crippen LogP contribution in [0.4, 0.5) is 5.69 Å². The van der Waals surface area contributed by atoms with Crippen LogP contribution in [0.3, 0.4) is 0 Å². The van der Waals surface area contributed by atoms with Gasteiger partial charge in [0.05, 0.1) is 24.0 Å². The summed E-state index contributed by atoms with van der Waals surface area (Å²) in [5.41, 5.74) is 10.4. The lowest BCUT2D eigenvalue weighted by Crippen LogP contribution is -2.30. The van der Waals surface area contributed by atoms with Crippen LogP contribution in [0.2, 0.25) is 0 Å². The van der Waals surface area contributed by atoms with Gasteiger partial charge in [-0.1, -0.05) is 48.9 Å². The standard InChI is InChI=1S/C30H37N3O5S/c1-39(36,37)33-30(35)27-16-13-24(19-29(27)38-26-5-3-2-4-6-26)22-9-7-21(8-10-22)17-18-32-20-28(34)23-11-14-25(31)15-12-23/h7-16,19,26,28,32,34H,2-6,17-18,20,31H2,1H3,(H,33,35)/t28-/m0/s1. The molecule has 1 fully saturated rings. The van der Waals surface area contributed by atoms with Gasteiger partial charge in [0.1, 0.15) is 5.75 Å². The summed E-state index contributed by atoms with van der Waals surface area (Å²) in [5.74, 6) is -0.298. The third-order valence-electron chi connectivity index (χ3n) is 6.89. The Morgan fingerprint density at radius 1 is 1.00 bits per heavy atom. The number of nitrogen functional groups attached to an aromatic ring is 1. The molecule has 1 aliphatic rings. The van der Waals surface area contributed by atoms with Crippen LogP contribution in [0.15, 0.2) is 66.7 Å². The molecule has 0 bridgehead atoms. The fourth-order valence-electron chi connectivity index (χ4n) is 4.74. The Hall–Kier alpha value is -3.40. The number of ether oxygens (including phenoxy) is 1. The van der Waals surface area contributed by atoms with Gasteiger partial charge < -0.3 is 20.9 Å². The van der Waals surface area contributed by atoms with Crippen molar-refractivity contribution in [3.05, 3.63) is 83.4 Å². The topological polar surface area (TPSA) is 131 Å². The molecule has 9 heteroatoms. The normalized spacial score (nSPS) is 15.0. The molecule has 0 aromatic heterocycles. The molecule has 1 amide bonds. The summed E-state index contributed by atoms with van der Waals surface area (Å²) in [4.78, 5) is 12.7. The molecule has 8 nitrogen and oxygen atoms in total. The van der Waals surface area contributed by atoms with Crippen LogP contribution in [0.5, 0.6) is 5.75 Å². The Labute approximate surface area is 230 Å². The summed E-state index contributed by atoms with van der Waals surface area (Å²) in [5, 5.41) is 13.6. The van der Waals surface area contributed by atoms with Crippen LogP contribution < -0.4 is 20.5 Å². The third kappa shape index (κ3) is 8.54. The zero-order valence-electron chi connectivity index (χ0n) is 22.2. The molecular formula is C30H37N3O5S. The molecule has 0 aliphatic heterocycles. The molecule has 1 aliphatic carbocycles. The van der Waals surface area contributed by atoms with Crippen molar-refractivity contribution in [3.63, 3.8) is 0 Å². The van der Waals surface area contributed by atoms with Crippen LogP contribution in [0, 0.1) is 0 Å². The van der Waals surface area contributed by atoms with Crippen LogP contribution in [-0.4, -0.2) is 44.9 Å². The lowest BCUT2D eigenvalue weighted by atomic mass is 9.97. The summed E-state index contributed by atoms with van der Waals surface area (Å²) in [7, 11) is -3.70. The van der Waals surface area contributed by atoms with Crippen molar-refractivity contribution >= 4 is 21.6 Å². The van der Waals surface area contributed by atoms with Crippen molar-refractivity contribution in [1.29, 1.82) is 0 Å². The Bertz CT molecular complexity index is 1350. The average molecular weight is 552 g/mol. The van der Waals surface area contributed by atoms with E-state index in [1.165, 1.54) is 6.42 Å². The number of hydrogen-bond acceptors (Lipinski definition) is 7. The summed E-state index contributed by atoms with van der Waals surface area (Å²) in [6.07, 6.45) is 6.32. The molecule has 0 heterocycles. The van der Waals surface area contributed by atoms with E-state index in [9.17, 15) is 18.3 Å². The SMILES string of the molecule is CS(=O)(=O)NC(=O)c1ccc(-c2ccc(CCNC[C@H](O)c3ccc(N)cc3)cc2)cc1OC1CCCCC1. The van der Waals surface area contributed by atoms with E-state index in [-0.39, 0.29) is 11.7 Å². The second-order valence-electron chi connectivity index (χ2n) is 10.1. The van der Waals surface area contributed by atoms with Gasteiger partial charge in [-0.3, -0.25) is 4.79 Å². The molecular weight excluding hydrogens is 514 g/mol. The predicted octanol–water partition coefficient (Wildman–Crippen LogP) is 4.20. The van der Waals surface area contributed by atoms with Gasteiger partial charge in [-0.25, -0.2) is 13.1 Å². The minimum atomic E-state index is -3.70. The van der Waals surface area contributed by atoms with Gasteiger partial charge in [0.15, 0.2) is 0 Å². The lowest BCUT2D eigenvalue weighted by molar-refractivity contribution is 0.0969. The number of nitrogens with two attached hydrogens (primary N) is 1. The maximum absolute atomic E-state index is 12.7. The van der Waals surface area contributed by atoms with Gasteiger partial charge >= 0.3 is 0 Å². The summed E-state index contributed by atoms with van der Waals surface area (Å²) in [6.45, 7) is 1.17. The molecule has 208 valence electrons. The van der Waals surface area contributed by atoms with Crippen LogP contribution in [-0.2, 0) is 16.4 Å². The van der Waals surface area contributed by atoms with Crippen molar-refractivity contribution in [2.75, 3.05) is 25.1 Å². The zero-order valence-corrected chi connectivity index (χ0v) is 23.0. The summed E-state index contributed by atoms with van der Waals surface area (Å²) < 4.78 is 31.6. The van der Waals surface area contributed by atoms with E-state index < -0.39 is 22.0 Å². The highest BCUT2D eigenvalue weighted by Crippen LogP contribution is 2.31. The molecule has 0 unspecified atom stereocenters. The van der Waals surface area contributed by atoms with E-state index in [4.69, 9.17) is 10.5 Å². The van der Waals surface area contributed by atoms with E-state index in [1.54, 1.807) is 24.3 Å². The van der Waals surface area contributed by atoms with Crippen molar-refractivity contribution in [1.82, 2.24) is 10.0 Å². The van der Waals surface area contributed by atoms with Gasteiger partial charge in [0, 0.05) is 12.2 Å². The molecule has 0 radical (unpaired) electrons. The number of rotatable bonds is 11. The number of aliphatic hydroxyl groups is 1. The van der Waals surface area contributed by atoms with Gasteiger partial charge in [-0.05, 0) is 85.2 Å². The predicted molar refractivity (Wildman–Crippen MR) is 154 cm³/mol. The van der Waals surface area contributed by atoms with Gasteiger partial charge in [0.25, 0.3) is 5.91 Å². The first-order valence-corrected chi connectivity index (χ1v) is 15.2. The van der Waals surface area contributed by atoms with Gasteiger partial charge in [-0.2, -0.15) is 0 Å². The third-order valence-corrected chi connectivity index (χ3v) is 7.44. The fraction of sp³-hybridized carbons (Fsp3) is 0.367. The fourth-order valence-corrected chi connectivity index (χ4v) is 5.19. The highest BCUT2D eigenvalue weighted by atomic mass is 32.2. The second kappa shape index (κ2) is 13.1. The number of hydrogen-bond donors (Lipinski definition) is 4. The number of nitrogens with one attached hydrogen (secondary N) is 2. The quantitative estimate of drug-likeness (QED) is 0.207. The molecule has 0 saturated heterocycles. The number of aliphatic hydroxyl groups excluding tert-OH is 1. The number of sulfonamides is 1. The minimum Gasteiger partial charge on any atom is -0.490 e. The van der Waals surface area contributed by atoms with Crippen molar-refractivity contribution < 1.29 is 23.1 Å². The van der Waals surface area contributed by atoms with E-state index >= 15 is 0 Å². The van der Waals surface area contributed by atoms with Crippen LogP contribution >= 0.6 is 0 Å². The first-order chi connectivity index (χ1) is 18.7. The van der Waals surface area contributed by atoms with Crippen molar-refractivity contribution in [2.45, 2.75) is 50.7 Å². The maximum Gasteiger partial charge on any atom is 0.268 e. The molecule has 3 aromatic rings.